The molecule has 22 heteroatoms. The molecule has 0 aromatic rings. The summed E-state index contributed by atoms with van der Waals surface area (Å²) >= 11 is 0. The number of nitrogens with one attached hydrogen (secondary N) is 1. The minimum absolute atomic E-state index is 0.0485. The molecule has 60 heavy (non-hydrogen) atoms. The van der Waals surface area contributed by atoms with Crippen LogP contribution in [0.4, 0.5) is 79.4 Å². The number of hydrogen-bond donors (Lipinski definition) is 1. The van der Waals surface area contributed by atoms with Gasteiger partial charge in [0.15, 0.2) is 0 Å². The largest absolute Gasteiger partial charge is 0.465 e. The lowest BCUT2D eigenvalue weighted by atomic mass is 9.88. The molecule has 0 heterocycles. The van der Waals surface area contributed by atoms with Gasteiger partial charge in [0, 0.05) is 13.0 Å². The van der Waals surface area contributed by atoms with Gasteiger partial charge in [-0.3, -0.25) is 4.79 Å². The van der Waals surface area contributed by atoms with E-state index < -0.39 is 79.1 Å². The van der Waals surface area contributed by atoms with Gasteiger partial charge in [-0.1, -0.05) is 129 Å². The Morgan fingerprint density at radius 1 is 0.400 bits per heavy atom. The first-order valence-electron chi connectivity index (χ1n) is 20.4. The highest BCUT2D eigenvalue weighted by Crippen LogP contribution is 2.64. The molecule has 0 spiro atoms. The maximum atomic E-state index is 14.0. The minimum atomic E-state index is -8.69. The van der Waals surface area contributed by atoms with Crippen molar-refractivity contribution in [3.63, 3.8) is 0 Å². The van der Waals surface area contributed by atoms with Crippen LogP contribution in [0.1, 0.15) is 161 Å². The van der Waals surface area contributed by atoms with Gasteiger partial charge in [-0.25, -0.2) is 4.79 Å². The molecule has 0 atom stereocenters. The summed E-state index contributed by atoms with van der Waals surface area (Å²) in [6, 6.07) is 0. The van der Waals surface area contributed by atoms with Crippen molar-refractivity contribution in [3.8, 4) is 0 Å². The number of esters is 1. The van der Waals surface area contributed by atoms with Crippen molar-refractivity contribution in [1.82, 2.24) is 5.32 Å². The second-order valence-corrected chi connectivity index (χ2v) is 14.9. The van der Waals surface area contributed by atoms with Crippen molar-refractivity contribution in [2.45, 2.75) is 209 Å². The summed E-state index contributed by atoms with van der Waals surface area (Å²) in [7, 11) is 0. The normalized spacial score (nSPS) is 13.8. The van der Waals surface area contributed by atoms with Crippen LogP contribution in [0, 0.1) is 0 Å². The lowest BCUT2D eigenvalue weighted by Gasteiger charge is -2.42. The van der Waals surface area contributed by atoms with Crippen molar-refractivity contribution in [2.75, 3.05) is 19.8 Å². The highest BCUT2D eigenvalue weighted by molar-refractivity contribution is 5.69. The monoisotopic (exact) mass is 915 g/mol. The predicted octanol–water partition coefficient (Wildman–Crippen LogP) is 14.6. The molecule has 5 nitrogen and oxygen atoms in total. The van der Waals surface area contributed by atoms with Gasteiger partial charge >= 0.3 is 59.7 Å². The fourth-order valence-corrected chi connectivity index (χ4v) is 5.88. The Hall–Kier alpha value is -2.45. The van der Waals surface area contributed by atoms with Gasteiger partial charge < -0.3 is 14.8 Å². The molecule has 0 unspecified atom stereocenters. The molecule has 0 aromatic heterocycles. The van der Waals surface area contributed by atoms with Gasteiger partial charge in [-0.05, 0) is 19.3 Å². The van der Waals surface area contributed by atoms with E-state index in [-0.39, 0.29) is 6.42 Å². The molecule has 1 amide bonds. The first-order valence-corrected chi connectivity index (χ1v) is 20.4. The third-order valence-corrected chi connectivity index (χ3v) is 9.77. The number of ether oxygens (including phenoxy) is 2. The third-order valence-electron chi connectivity index (χ3n) is 9.77. The van der Waals surface area contributed by atoms with Gasteiger partial charge in [0.25, 0.3) is 0 Å². The van der Waals surface area contributed by atoms with Crippen LogP contribution in [0.2, 0.25) is 0 Å². The average molecular weight is 916 g/mol. The van der Waals surface area contributed by atoms with Gasteiger partial charge in [0.05, 0.1) is 19.6 Å². The Labute approximate surface area is 339 Å². The molecule has 0 radical (unpaired) electrons. The molecular formula is C38H58F17NO4. The van der Waals surface area contributed by atoms with E-state index in [1.54, 1.807) is 0 Å². The highest BCUT2D eigenvalue weighted by atomic mass is 19.4. The zero-order valence-corrected chi connectivity index (χ0v) is 33.7. The fraction of sp³-hybridized carbons (Fsp3) is 0.947. The van der Waals surface area contributed by atoms with Gasteiger partial charge in [0.1, 0.15) is 0 Å². The Kier molecular flexibility index (Phi) is 25.2. The second kappa shape index (κ2) is 26.2. The quantitative estimate of drug-likeness (QED) is 0.0391. The molecule has 0 fully saturated rings. The number of hydrogen-bond acceptors (Lipinski definition) is 4. The summed E-state index contributed by atoms with van der Waals surface area (Å²) in [6.07, 6.45) is 10.1. The number of rotatable bonds is 35. The standard InChI is InChI=1S/C38H58F17NO4/c1-2-3-4-5-6-7-8-9-10-11-14-17-20-23-27-60-30(58)56-26-22-19-16-13-12-15-18-21-24-29(57)59-28-25-31(39,40)32(41,42)33(43,44)34(45,46)35(47,48)36(49,50)37(51,52)38(53,54)55/h2-28H2,1H3,(H,56,58). The Balaban J connectivity index is 4.22. The molecule has 0 aromatic carbocycles. The Morgan fingerprint density at radius 2 is 0.750 bits per heavy atom. The molecule has 0 rings (SSSR count). The van der Waals surface area contributed by atoms with E-state index in [2.05, 4.69) is 17.0 Å². The van der Waals surface area contributed by atoms with E-state index in [1.165, 1.54) is 70.6 Å². The summed E-state index contributed by atoms with van der Waals surface area (Å²) in [5.74, 6) is -58.2. The minimum Gasteiger partial charge on any atom is -0.465 e. The smallest absolute Gasteiger partial charge is 0.460 e. The second-order valence-electron chi connectivity index (χ2n) is 14.9. The van der Waals surface area contributed by atoms with Crippen molar-refractivity contribution >= 4 is 12.1 Å². The van der Waals surface area contributed by atoms with Crippen LogP contribution in [0.25, 0.3) is 0 Å². The van der Waals surface area contributed by atoms with Crippen LogP contribution in [0.5, 0.6) is 0 Å². The predicted molar refractivity (Wildman–Crippen MR) is 187 cm³/mol. The lowest BCUT2D eigenvalue weighted by molar-refractivity contribution is -0.461. The summed E-state index contributed by atoms with van der Waals surface area (Å²) in [6.45, 7) is 1.04. The van der Waals surface area contributed by atoms with E-state index in [4.69, 9.17) is 4.74 Å². The van der Waals surface area contributed by atoms with Crippen molar-refractivity contribution in [1.29, 1.82) is 0 Å². The molecule has 0 bridgehead atoms. The number of alkyl carbamates (subject to hydrolysis) is 1. The molecule has 0 aliphatic heterocycles. The molecule has 0 saturated carbocycles. The van der Waals surface area contributed by atoms with E-state index in [9.17, 15) is 84.2 Å². The number of amides is 1. The van der Waals surface area contributed by atoms with Crippen LogP contribution < -0.4 is 5.32 Å². The molecule has 358 valence electrons. The van der Waals surface area contributed by atoms with Crippen LogP contribution in [0.15, 0.2) is 0 Å². The van der Waals surface area contributed by atoms with Crippen LogP contribution >= 0.6 is 0 Å². The van der Waals surface area contributed by atoms with Crippen LogP contribution in [-0.4, -0.2) is 79.5 Å². The Bertz CT molecular complexity index is 1200. The molecule has 1 N–H and O–H groups in total. The highest BCUT2D eigenvalue weighted by Gasteiger charge is 2.95. The van der Waals surface area contributed by atoms with E-state index in [0.717, 1.165) is 38.5 Å². The van der Waals surface area contributed by atoms with Gasteiger partial charge in [-0.2, -0.15) is 74.6 Å². The van der Waals surface area contributed by atoms with E-state index >= 15 is 0 Å². The van der Waals surface area contributed by atoms with Crippen molar-refractivity contribution < 1.29 is 93.7 Å². The number of alkyl halides is 17. The summed E-state index contributed by atoms with van der Waals surface area (Å²) < 4.78 is 236. The first-order chi connectivity index (χ1) is 27.6. The Morgan fingerprint density at radius 3 is 1.17 bits per heavy atom. The zero-order valence-electron chi connectivity index (χ0n) is 33.7. The lowest BCUT2D eigenvalue weighted by Crippen LogP contribution is -2.74. The van der Waals surface area contributed by atoms with Crippen molar-refractivity contribution in [3.05, 3.63) is 0 Å². The first kappa shape index (κ1) is 57.5. The van der Waals surface area contributed by atoms with E-state index in [0.29, 0.717) is 38.8 Å². The zero-order chi connectivity index (χ0) is 46.4. The number of carbonyl (C=O) groups is 2. The topological polar surface area (TPSA) is 64.6 Å². The maximum Gasteiger partial charge on any atom is 0.460 e. The maximum absolute atomic E-state index is 14.0. The summed E-state index contributed by atoms with van der Waals surface area (Å²) in [4.78, 5) is 23.5. The molecule has 0 aliphatic carbocycles. The van der Waals surface area contributed by atoms with Crippen molar-refractivity contribution in [2.24, 2.45) is 0 Å². The van der Waals surface area contributed by atoms with E-state index in [1.807, 2.05) is 0 Å². The molecule has 0 aliphatic rings. The molecule has 0 saturated heterocycles. The summed E-state index contributed by atoms with van der Waals surface area (Å²) in [5.41, 5.74) is 0. The fourth-order valence-electron chi connectivity index (χ4n) is 5.88. The number of carbonyl (C=O) groups excluding carboxylic acids is 2. The van der Waals surface area contributed by atoms with Gasteiger partial charge in [0.2, 0.25) is 0 Å². The van der Waals surface area contributed by atoms with Gasteiger partial charge in [-0.15, -0.1) is 0 Å². The number of halogens is 17. The number of unbranched alkanes of at least 4 members (excludes halogenated alkanes) is 20. The SMILES string of the molecule is CCCCCCCCCCCCCCCCOC(=O)NCCCCCCCCCCC(=O)OCCC(F)(F)C(F)(F)C(F)(F)C(F)(F)C(F)(F)C(F)(F)C(F)(F)C(F)(F)F. The third kappa shape index (κ3) is 17.0. The van der Waals surface area contributed by atoms with Crippen LogP contribution in [-0.2, 0) is 14.3 Å². The summed E-state index contributed by atoms with van der Waals surface area (Å²) in [5, 5.41) is 2.67. The average Bonchev–Trinajstić information content (AvgIpc) is 3.14. The van der Waals surface area contributed by atoms with Crippen LogP contribution in [0.3, 0.4) is 0 Å². The molecular weight excluding hydrogens is 857 g/mol.